The van der Waals surface area contributed by atoms with Gasteiger partial charge in [-0.2, -0.15) is 0 Å². The third-order valence-electron chi connectivity index (χ3n) is 4.37. The highest BCUT2D eigenvalue weighted by Gasteiger charge is 2.40. The van der Waals surface area contributed by atoms with Crippen molar-refractivity contribution in [1.29, 1.82) is 0 Å². The zero-order valence-electron chi connectivity index (χ0n) is 12.5. The Morgan fingerprint density at radius 1 is 1.42 bits per heavy atom. The summed E-state index contributed by atoms with van der Waals surface area (Å²) in [6.45, 7) is 0. The Labute approximate surface area is 141 Å². The number of carboxylic acid groups (broad SMARTS) is 1. The molecule has 2 N–H and O–H groups in total. The van der Waals surface area contributed by atoms with Crippen molar-refractivity contribution in [3.63, 3.8) is 0 Å². The molecule has 126 valence electrons. The van der Waals surface area contributed by atoms with Gasteiger partial charge in [-0.3, -0.25) is 10.1 Å². The normalized spacial score (nSPS) is 22.8. The molecule has 2 amide bonds. The number of nitrogens with one attached hydrogen (secondary N) is 1. The maximum absolute atomic E-state index is 14.5. The second kappa shape index (κ2) is 6.24. The van der Waals surface area contributed by atoms with E-state index >= 15 is 0 Å². The highest BCUT2D eigenvalue weighted by atomic mass is 35.5. The Morgan fingerprint density at radius 2 is 2.17 bits per heavy atom. The van der Waals surface area contributed by atoms with E-state index in [0.717, 1.165) is 6.29 Å². The molecule has 0 saturated carbocycles. The number of halogens is 2. The molecular weight excluding hydrogens is 339 g/mol. The van der Waals surface area contributed by atoms with E-state index in [-0.39, 0.29) is 28.2 Å². The van der Waals surface area contributed by atoms with Crippen LogP contribution in [0.4, 0.5) is 14.9 Å². The van der Waals surface area contributed by atoms with Gasteiger partial charge in [-0.05, 0) is 37.0 Å². The van der Waals surface area contributed by atoms with Gasteiger partial charge in [0.15, 0.2) is 5.82 Å². The molecule has 1 aromatic carbocycles. The molecule has 1 saturated heterocycles. The zero-order valence-corrected chi connectivity index (χ0v) is 13.2. The van der Waals surface area contributed by atoms with Gasteiger partial charge >= 0.3 is 6.09 Å². The molecule has 1 fully saturated rings. The largest absolute Gasteiger partial charge is 0.465 e. The van der Waals surface area contributed by atoms with Gasteiger partial charge in [0, 0.05) is 17.7 Å². The minimum Gasteiger partial charge on any atom is -0.465 e. The number of aldehydes is 1. The van der Waals surface area contributed by atoms with Crippen molar-refractivity contribution in [2.24, 2.45) is 0 Å². The minimum absolute atomic E-state index is 0.0209. The number of carbonyl (C=O) groups is 3. The summed E-state index contributed by atoms with van der Waals surface area (Å²) in [6.07, 6.45) is 2.19. The summed E-state index contributed by atoms with van der Waals surface area (Å²) in [4.78, 5) is 35.9. The SMILES string of the molecule is O=C[C@@H]1CCC2CC(c3c(NC(=O)O)ccc(Cl)c3F)=CC(=O)N21. The van der Waals surface area contributed by atoms with Crippen LogP contribution in [0.5, 0.6) is 0 Å². The van der Waals surface area contributed by atoms with Gasteiger partial charge in [-0.1, -0.05) is 11.6 Å². The Kier molecular flexibility index (Phi) is 4.28. The van der Waals surface area contributed by atoms with Crippen LogP contribution in [0, 0.1) is 5.82 Å². The first-order valence-electron chi connectivity index (χ1n) is 7.39. The first-order chi connectivity index (χ1) is 11.4. The van der Waals surface area contributed by atoms with Crippen LogP contribution in [-0.2, 0) is 9.59 Å². The van der Waals surface area contributed by atoms with Crippen molar-refractivity contribution in [2.75, 3.05) is 5.32 Å². The van der Waals surface area contributed by atoms with Gasteiger partial charge < -0.3 is 14.8 Å². The Hall–Kier alpha value is -2.41. The standard InChI is InChI=1S/C16H14ClFN2O4/c17-11-3-4-12(19-16(23)24)14(15(11)18)8-5-9-1-2-10(7-21)20(9)13(22)6-8/h3-4,6-7,9-10,19H,1-2,5H2,(H,23,24)/t9?,10-/m0/s1. The Bertz CT molecular complexity index is 765. The number of rotatable bonds is 3. The maximum Gasteiger partial charge on any atom is 0.409 e. The Morgan fingerprint density at radius 3 is 2.83 bits per heavy atom. The van der Waals surface area contributed by atoms with E-state index in [1.54, 1.807) is 0 Å². The molecule has 3 rings (SSSR count). The van der Waals surface area contributed by atoms with Gasteiger partial charge in [-0.15, -0.1) is 0 Å². The third kappa shape index (κ3) is 2.75. The highest BCUT2D eigenvalue weighted by Crippen LogP contribution is 2.40. The number of hydrogen-bond donors (Lipinski definition) is 2. The fourth-order valence-electron chi connectivity index (χ4n) is 3.38. The minimum atomic E-state index is -1.34. The molecule has 0 radical (unpaired) electrons. The van der Waals surface area contributed by atoms with E-state index in [9.17, 15) is 18.8 Å². The van der Waals surface area contributed by atoms with E-state index in [2.05, 4.69) is 5.32 Å². The predicted octanol–water partition coefficient (Wildman–Crippen LogP) is 2.91. The molecule has 8 heteroatoms. The number of fused-ring (bicyclic) bond motifs is 1. The van der Waals surface area contributed by atoms with Gasteiger partial charge in [0.1, 0.15) is 6.29 Å². The van der Waals surface area contributed by atoms with Gasteiger partial charge in [-0.25, -0.2) is 9.18 Å². The van der Waals surface area contributed by atoms with E-state index < -0.39 is 18.0 Å². The lowest BCUT2D eigenvalue weighted by Crippen LogP contribution is -2.43. The zero-order chi connectivity index (χ0) is 17.4. The summed E-state index contributed by atoms with van der Waals surface area (Å²) >= 11 is 5.82. The molecule has 24 heavy (non-hydrogen) atoms. The maximum atomic E-state index is 14.5. The fourth-order valence-corrected chi connectivity index (χ4v) is 3.54. The van der Waals surface area contributed by atoms with Gasteiger partial charge in [0.25, 0.3) is 0 Å². The second-order valence-corrected chi connectivity index (χ2v) is 6.18. The molecule has 2 aliphatic rings. The van der Waals surface area contributed by atoms with Crippen LogP contribution < -0.4 is 5.32 Å². The van der Waals surface area contributed by atoms with Crippen LogP contribution in [0.3, 0.4) is 0 Å². The number of anilines is 1. The van der Waals surface area contributed by atoms with Gasteiger partial charge in [0.05, 0.1) is 16.8 Å². The molecule has 0 aliphatic carbocycles. The smallest absolute Gasteiger partial charge is 0.409 e. The fraction of sp³-hybridized carbons (Fsp3) is 0.312. The average Bonchev–Trinajstić information content (AvgIpc) is 2.94. The molecule has 1 unspecified atom stereocenters. The van der Waals surface area contributed by atoms with Crippen molar-refractivity contribution in [3.8, 4) is 0 Å². The molecule has 2 aliphatic heterocycles. The van der Waals surface area contributed by atoms with Crippen molar-refractivity contribution < 1.29 is 23.9 Å². The van der Waals surface area contributed by atoms with Crippen LogP contribution >= 0.6 is 11.6 Å². The van der Waals surface area contributed by atoms with Crippen LogP contribution in [0.2, 0.25) is 5.02 Å². The molecule has 1 aromatic rings. The summed E-state index contributed by atoms with van der Waals surface area (Å²) in [5.74, 6) is -1.16. The topological polar surface area (TPSA) is 86.7 Å². The predicted molar refractivity (Wildman–Crippen MR) is 85.4 cm³/mol. The first kappa shape index (κ1) is 16.4. The van der Waals surface area contributed by atoms with E-state index in [1.807, 2.05) is 0 Å². The number of hydrogen-bond acceptors (Lipinski definition) is 3. The monoisotopic (exact) mass is 352 g/mol. The molecule has 0 bridgehead atoms. The summed E-state index contributed by atoms with van der Waals surface area (Å²) in [6, 6.07) is 1.95. The summed E-state index contributed by atoms with van der Waals surface area (Å²) in [7, 11) is 0. The van der Waals surface area contributed by atoms with Crippen LogP contribution in [0.1, 0.15) is 24.8 Å². The molecule has 6 nitrogen and oxygen atoms in total. The first-order valence-corrected chi connectivity index (χ1v) is 7.76. The average molecular weight is 353 g/mol. The number of benzene rings is 1. The van der Waals surface area contributed by atoms with E-state index in [4.69, 9.17) is 16.7 Å². The summed E-state index contributed by atoms with van der Waals surface area (Å²) in [5, 5.41) is 10.9. The van der Waals surface area contributed by atoms with Crippen LogP contribution in [0.15, 0.2) is 18.2 Å². The summed E-state index contributed by atoms with van der Waals surface area (Å²) in [5.41, 5.74) is 0.380. The van der Waals surface area contributed by atoms with Gasteiger partial charge in [0.2, 0.25) is 5.91 Å². The summed E-state index contributed by atoms with van der Waals surface area (Å²) < 4.78 is 14.5. The highest BCUT2D eigenvalue weighted by molar-refractivity contribution is 6.31. The molecule has 0 aromatic heterocycles. The molecule has 0 spiro atoms. The molecule has 2 atom stereocenters. The number of carbonyl (C=O) groups excluding carboxylic acids is 2. The van der Waals surface area contributed by atoms with Crippen LogP contribution in [-0.4, -0.2) is 40.4 Å². The van der Waals surface area contributed by atoms with Crippen molar-refractivity contribution in [3.05, 3.63) is 34.6 Å². The quantitative estimate of drug-likeness (QED) is 0.819. The Balaban J connectivity index is 2.05. The lowest BCUT2D eigenvalue weighted by Gasteiger charge is -2.32. The third-order valence-corrected chi connectivity index (χ3v) is 4.66. The second-order valence-electron chi connectivity index (χ2n) is 5.77. The molecule has 2 heterocycles. The lowest BCUT2D eigenvalue weighted by molar-refractivity contribution is -0.132. The lowest BCUT2D eigenvalue weighted by atomic mass is 9.92. The van der Waals surface area contributed by atoms with E-state index in [1.165, 1.54) is 23.1 Å². The number of nitrogens with zero attached hydrogens (tertiary/aromatic N) is 1. The molecular formula is C16H14ClFN2O4. The van der Waals surface area contributed by atoms with Crippen molar-refractivity contribution in [1.82, 2.24) is 4.90 Å². The van der Waals surface area contributed by atoms with Crippen LogP contribution in [0.25, 0.3) is 5.57 Å². The van der Waals surface area contributed by atoms with Crippen molar-refractivity contribution >= 4 is 41.1 Å². The van der Waals surface area contributed by atoms with E-state index in [0.29, 0.717) is 24.8 Å². The number of amides is 2. The van der Waals surface area contributed by atoms with Crippen molar-refractivity contribution in [2.45, 2.75) is 31.3 Å².